The number of anilines is 1. The van der Waals surface area contributed by atoms with E-state index in [0.717, 1.165) is 29.3 Å². The number of ether oxygens (including phenoxy) is 1. The number of carbonyl (C=O) groups is 2. The van der Waals surface area contributed by atoms with E-state index in [-0.39, 0.29) is 17.9 Å². The van der Waals surface area contributed by atoms with Crippen molar-refractivity contribution in [2.45, 2.75) is 34.3 Å². The Kier molecular flexibility index (Phi) is 11.1. The van der Waals surface area contributed by atoms with E-state index in [1.54, 1.807) is 19.9 Å². The van der Waals surface area contributed by atoms with E-state index < -0.39 is 11.6 Å². The lowest BCUT2D eigenvalue weighted by Gasteiger charge is -2.21. The van der Waals surface area contributed by atoms with Crippen molar-refractivity contribution in [2.75, 3.05) is 4.90 Å². The predicted octanol–water partition coefficient (Wildman–Crippen LogP) is 6.71. The molecule has 1 amide bonds. The number of halogens is 4. The third kappa shape index (κ3) is 8.26. The molecule has 4 nitrogen and oxygen atoms in total. The van der Waals surface area contributed by atoms with Gasteiger partial charge in [0.05, 0.1) is 5.69 Å². The Balaban J connectivity index is 0.00000151. The second kappa shape index (κ2) is 13.0. The summed E-state index contributed by atoms with van der Waals surface area (Å²) in [6.07, 6.45) is 2.44. The van der Waals surface area contributed by atoms with Crippen LogP contribution in [0.15, 0.2) is 58.4 Å². The van der Waals surface area contributed by atoms with Gasteiger partial charge in [0.2, 0.25) is 12.2 Å². The van der Waals surface area contributed by atoms with Crippen LogP contribution in [0.25, 0.3) is 0 Å². The Morgan fingerprint density at radius 3 is 2.32 bits per heavy atom. The lowest BCUT2D eigenvalue weighted by molar-refractivity contribution is -0.107. The highest BCUT2D eigenvalue weighted by molar-refractivity contribution is 9.11. The number of hydrogen-bond acceptors (Lipinski definition) is 3. The standard InChI is InChI=1S/C22H22BrF2NO2.CHClO/c1-14-5-6-15(2)21(9-14)26(13-27)16(3)10-22(17(4)23)28-12-18-7-8-19(24)11-20(18)25;2-1-3/h5-11,13H,12H2,1-4H3;1H/b16-10-,22-17-;. The van der Waals surface area contributed by atoms with Crippen LogP contribution in [0.4, 0.5) is 14.5 Å². The number of allylic oxidation sites excluding steroid dienone is 3. The fourth-order valence-corrected chi connectivity index (χ4v) is 2.83. The van der Waals surface area contributed by atoms with Crippen LogP contribution in [-0.4, -0.2) is 12.2 Å². The molecule has 0 aromatic heterocycles. The molecule has 0 heterocycles. The zero-order chi connectivity index (χ0) is 23.6. The first-order valence-electron chi connectivity index (χ1n) is 9.11. The molecule has 0 N–H and O–H groups in total. The maximum atomic E-state index is 13.8. The van der Waals surface area contributed by atoms with Crippen LogP contribution in [0.5, 0.6) is 0 Å². The first-order valence-corrected chi connectivity index (χ1v) is 10.3. The molecule has 2 aromatic rings. The Morgan fingerprint density at radius 1 is 1.13 bits per heavy atom. The molecule has 0 aliphatic carbocycles. The summed E-state index contributed by atoms with van der Waals surface area (Å²) in [4.78, 5) is 21.8. The number of benzene rings is 2. The van der Waals surface area contributed by atoms with Crippen molar-refractivity contribution in [1.82, 2.24) is 0 Å². The summed E-state index contributed by atoms with van der Waals surface area (Å²) in [6, 6.07) is 9.21. The number of aryl methyl sites for hydroxylation is 2. The van der Waals surface area contributed by atoms with Crippen molar-refractivity contribution < 1.29 is 23.1 Å². The topological polar surface area (TPSA) is 46.6 Å². The fourth-order valence-electron chi connectivity index (χ4n) is 2.60. The zero-order valence-corrected chi connectivity index (χ0v) is 19.9. The van der Waals surface area contributed by atoms with E-state index in [4.69, 9.17) is 9.53 Å². The van der Waals surface area contributed by atoms with Gasteiger partial charge in [-0.3, -0.25) is 14.5 Å². The first kappa shape index (κ1) is 26.5. The fraction of sp³-hybridized carbons (Fsp3) is 0.217. The molecule has 31 heavy (non-hydrogen) atoms. The average molecular weight is 515 g/mol. The van der Waals surface area contributed by atoms with Gasteiger partial charge in [0.25, 0.3) is 0 Å². The molecule has 0 saturated heterocycles. The Labute approximate surface area is 194 Å². The maximum absolute atomic E-state index is 13.8. The van der Waals surface area contributed by atoms with Gasteiger partial charge >= 0.3 is 0 Å². The third-order valence-electron chi connectivity index (χ3n) is 4.19. The van der Waals surface area contributed by atoms with Crippen molar-refractivity contribution in [3.8, 4) is 0 Å². The molecule has 0 fully saturated rings. The molecular formula is C23H23BrClF2NO3. The number of nitrogens with zero attached hydrogens (tertiary/aromatic N) is 1. The maximum Gasteiger partial charge on any atom is 0.218 e. The second-order valence-electron chi connectivity index (χ2n) is 6.56. The van der Waals surface area contributed by atoms with Gasteiger partial charge in [-0.15, -0.1) is 0 Å². The molecule has 2 aromatic carbocycles. The molecule has 0 spiro atoms. The van der Waals surface area contributed by atoms with Crippen molar-refractivity contribution in [1.29, 1.82) is 0 Å². The van der Waals surface area contributed by atoms with E-state index in [9.17, 15) is 13.6 Å². The molecule has 0 saturated carbocycles. The molecule has 0 unspecified atom stereocenters. The zero-order valence-electron chi connectivity index (χ0n) is 17.6. The van der Waals surface area contributed by atoms with E-state index in [0.29, 0.717) is 15.9 Å². The van der Waals surface area contributed by atoms with E-state index >= 15 is 0 Å². The number of carbonyl (C=O) groups excluding carboxylic acids is 2. The van der Waals surface area contributed by atoms with Gasteiger partial charge in [0.1, 0.15) is 24.0 Å². The van der Waals surface area contributed by atoms with Gasteiger partial charge in [-0.05, 0) is 68.6 Å². The minimum absolute atomic E-state index is 0.0707. The molecule has 8 heteroatoms. The molecule has 0 aliphatic heterocycles. The van der Waals surface area contributed by atoms with Gasteiger partial charge in [0, 0.05) is 27.9 Å². The molecule has 166 valence electrons. The highest BCUT2D eigenvalue weighted by Gasteiger charge is 2.13. The van der Waals surface area contributed by atoms with Gasteiger partial charge in [-0.1, -0.05) is 28.1 Å². The van der Waals surface area contributed by atoms with Crippen LogP contribution in [0, 0.1) is 25.5 Å². The summed E-state index contributed by atoms with van der Waals surface area (Å²) in [6.45, 7) is 7.38. The van der Waals surface area contributed by atoms with Crippen LogP contribution in [-0.2, 0) is 20.9 Å². The third-order valence-corrected chi connectivity index (χ3v) is 4.58. The van der Waals surface area contributed by atoms with Crippen LogP contribution in [0.2, 0.25) is 0 Å². The molecule has 0 bridgehead atoms. The summed E-state index contributed by atoms with van der Waals surface area (Å²) in [7, 11) is 0. The van der Waals surface area contributed by atoms with Gasteiger partial charge in [-0.2, -0.15) is 0 Å². The molecule has 2 rings (SSSR count). The lowest BCUT2D eigenvalue weighted by Crippen LogP contribution is -2.20. The summed E-state index contributed by atoms with van der Waals surface area (Å²) < 4.78 is 33.3. The normalized spacial score (nSPS) is 11.7. The van der Waals surface area contributed by atoms with Crippen LogP contribution < -0.4 is 4.90 Å². The van der Waals surface area contributed by atoms with Crippen LogP contribution in [0.3, 0.4) is 0 Å². The first-order chi connectivity index (χ1) is 14.6. The molecule has 0 atom stereocenters. The number of hydrogen-bond donors (Lipinski definition) is 0. The molecule has 0 radical (unpaired) electrons. The summed E-state index contributed by atoms with van der Waals surface area (Å²) >= 11 is 7.69. The largest absolute Gasteiger partial charge is 0.488 e. The van der Waals surface area contributed by atoms with Crippen molar-refractivity contribution >= 4 is 45.4 Å². The summed E-state index contributed by atoms with van der Waals surface area (Å²) in [5.41, 5.74) is 3.65. The lowest BCUT2D eigenvalue weighted by atomic mass is 10.1. The van der Waals surface area contributed by atoms with Crippen molar-refractivity contribution in [3.05, 3.63) is 86.7 Å². The second-order valence-corrected chi connectivity index (χ2v) is 7.93. The Bertz CT molecular complexity index is 989. The minimum atomic E-state index is -0.669. The molecule has 0 aliphatic rings. The highest BCUT2D eigenvalue weighted by Crippen LogP contribution is 2.26. The van der Waals surface area contributed by atoms with Crippen molar-refractivity contribution in [2.24, 2.45) is 0 Å². The Morgan fingerprint density at radius 2 is 1.77 bits per heavy atom. The van der Waals surface area contributed by atoms with Gasteiger partial charge < -0.3 is 4.74 Å². The summed E-state index contributed by atoms with van der Waals surface area (Å²) in [5, 5.41) is 0. The van der Waals surface area contributed by atoms with E-state index in [1.165, 1.54) is 17.0 Å². The monoisotopic (exact) mass is 513 g/mol. The highest BCUT2D eigenvalue weighted by atomic mass is 79.9. The smallest absolute Gasteiger partial charge is 0.218 e. The van der Waals surface area contributed by atoms with Gasteiger partial charge in [0.15, 0.2) is 0 Å². The SMILES string of the molecule is C/C(=C/C(OCc1ccc(F)cc1F)=C(\C)Br)N(C=O)c1cc(C)ccc1C.O=CCl. The van der Waals surface area contributed by atoms with Crippen LogP contribution >= 0.6 is 27.5 Å². The molecular weight excluding hydrogens is 492 g/mol. The number of amides is 1. The van der Waals surface area contributed by atoms with Crippen LogP contribution in [0.1, 0.15) is 30.5 Å². The van der Waals surface area contributed by atoms with E-state index in [1.807, 2.05) is 32.0 Å². The van der Waals surface area contributed by atoms with Crippen molar-refractivity contribution in [3.63, 3.8) is 0 Å². The Hall–Kier alpha value is -2.51. The predicted molar refractivity (Wildman–Crippen MR) is 124 cm³/mol. The van der Waals surface area contributed by atoms with Gasteiger partial charge in [-0.25, -0.2) is 8.78 Å². The quantitative estimate of drug-likeness (QED) is 0.179. The minimum Gasteiger partial charge on any atom is -0.488 e. The average Bonchev–Trinajstić information content (AvgIpc) is 2.70. The van der Waals surface area contributed by atoms with E-state index in [2.05, 4.69) is 27.5 Å². The summed E-state index contributed by atoms with van der Waals surface area (Å²) in [5.74, 6) is -0.643. The number of rotatable bonds is 7.